The summed E-state index contributed by atoms with van der Waals surface area (Å²) in [7, 11) is 0. The Hall–Kier alpha value is -1.10. The Morgan fingerprint density at radius 1 is 1.37 bits per heavy atom. The van der Waals surface area contributed by atoms with Crippen molar-refractivity contribution in [2.75, 3.05) is 6.54 Å². The van der Waals surface area contributed by atoms with E-state index in [4.69, 9.17) is 0 Å². The first-order valence-corrected chi connectivity index (χ1v) is 7.11. The first kappa shape index (κ1) is 16.0. The van der Waals surface area contributed by atoms with Crippen LogP contribution >= 0.6 is 15.9 Å². The average molecular weight is 330 g/mol. The minimum absolute atomic E-state index is 0.0635. The van der Waals surface area contributed by atoms with Crippen LogP contribution in [-0.2, 0) is 6.54 Å². The normalized spacial score (nSPS) is 12.4. The molecule has 0 amide bonds. The van der Waals surface area contributed by atoms with Crippen molar-refractivity contribution in [2.45, 2.75) is 39.8 Å². The van der Waals surface area contributed by atoms with Crippen molar-refractivity contribution >= 4 is 21.9 Å². The van der Waals surface area contributed by atoms with Gasteiger partial charge in [-0.05, 0) is 61.3 Å². The minimum Gasteiger partial charge on any atom is -0.357 e. The summed E-state index contributed by atoms with van der Waals surface area (Å²) in [6, 6.07) is 5.05. The van der Waals surface area contributed by atoms with E-state index in [-0.39, 0.29) is 11.4 Å². The standard InChI is InChI=1S/C14H21BrFN3/c1-5-17-13(19-14(2,3)4)18-9-10-6-7-11(15)12(16)8-10/h6-8H,5,9H2,1-4H3,(H2,17,18,19). The summed E-state index contributed by atoms with van der Waals surface area (Å²) < 4.78 is 13.9. The van der Waals surface area contributed by atoms with Crippen molar-refractivity contribution in [3.63, 3.8) is 0 Å². The van der Waals surface area contributed by atoms with Gasteiger partial charge in [-0.2, -0.15) is 0 Å². The van der Waals surface area contributed by atoms with Crippen molar-refractivity contribution in [3.05, 3.63) is 34.1 Å². The van der Waals surface area contributed by atoms with Crippen LogP contribution in [0.1, 0.15) is 33.3 Å². The molecule has 0 fully saturated rings. The number of hydrogen-bond donors (Lipinski definition) is 2. The molecular weight excluding hydrogens is 309 g/mol. The highest BCUT2D eigenvalue weighted by Gasteiger charge is 2.11. The number of aliphatic imine (C=N–C) groups is 1. The second-order valence-electron chi connectivity index (χ2n) is 5.32. The van der Waals surface area contributed by atoms with Gasteiger partial charge in [0.1, 0.15) is 5.82 Å². The molecule has 0 spiro atoms. The van der Waals surface area contributed by atoms with Crippen molar-refractivity contribution in [1.29, 1.82) is 0 Å². The molecule has 0 aliphatic heterocycles. The molecule has 0 aliphatic carbocycles. The van der Waals surface area contributed by atoms with Crippen LogP contribution in [0, 0.1) is 5.82 Å². The highest BCUT2D eigenvalue weighted by Crippen LogP contribution is 2.16. The second-order valence-corrected chi connectivity index (χ2v) is 6.17. The molecule has 5 heteroatoms. The van der Waals surface area contributed by atoms with Crippen LogP contribution in [0.5, 0.6) is 0 Å². The quantitative estimate of drug-likeness (QED) is 0.658. The zero-order valence-electron chi connectivity index (χ0n) is 11.8. The van der Waals surface area contributed by atoms with E-state index in [1.807, 2.05) is 13.0 Å². The Balaban J connectivity index is 2.76. The van der Waals surface area contributed by atoms with Gasteiger partial charge in [-0.3, -0.25) is 0 Å². The van der Waals surface area contributed by atoms with E-state index in [1.54, 1.807) is 6.07 Å². The fourth-order valence-electron chi connectivity index (χ4n) is 1.47. The van der Waals surface area contributed by atoms with E-state index in [1.165, 1.54) is 6.07 Å². The summed E-state index contributed by atoms with van der Waals surface area (Å²) in [5, 5.41) is 6.46. The fourth-order valence-corrected chi connectivity index (χ4v) is 1.72. The first-order valence-electron chi connectivity index (χ1n) is 6.32. The summed E-state index contributed by atoms with van der Waals surface area (Å²) in [5.41, 5.74) is 0.776. The van der Waals surface area contributed by atoms with Gasteiger partial charge in [0, 0.05) is 12.1 Å². The molecule has 1 rings (SSSR count). The van der Waals surface area contributed by atoms with Crippen LogP contribution in [0.15, 0.2) is 27.7 Å². The number of nitrogens with one attached hydrogen (secondary N) is 2. The third kappa shape index (κ3) is 6.05. The van der Waals surface area contributed by atoms with Gasteiger partial charge >= 0.3 is 0 Å². The summed E-state index contributed by atoms with van der Waals surface area (Å²) >= 11 is 3.14. The van der Waals surface area contributed by atoms with Gasteiger partial charge in [-0.1, -0.05) is 6.07 Å². The molecule has 0 aromatic heterocycles. The van der Waals surface area contributed by atoms with Crippen molar-refractivity contribution in [1.82, 2.24) is 10.6 Å². The van der Waals surface area contributed by atoms with Crippen molar-refractivity contribution in [2.24, 2.45) is 4.99 Å². The average Bonchev–Trinajstić information content (AvgIpc) is 2.29. The van der Waals surface area contributed by atoms with Crippen molar-refractivity contribution in [3.8, 4) is 0 Å². The van der Waals surface area contributed by atoms with Gasteiger partial charge in [0.2, 0.25) is 0 Å². The lowest BCUT2D eigenvalue weighted by atomic mass is 10.1. The topological polar surface area (TPSA) is 36.4 Å². The maximum Gasteiger partial charge on any atom is 0.191 e. The highest BCUT2D eigenvalue weighted by molar-refractivity contribution is 9.10. The van der Waals surface area contributed by atoms with E-state index in [0.717, 1.165) is 18.1 Å². The lowest BCUT2D eigenvalue weighted by Gasteiger charge is -2.23. The Labute approximate surface area is 122 Å². The first-order chi connectivity index (χ1) is 8.81. The second kappa shape index (κ2) is 6.89. The number of rotatable bonds is 3. The van der Waals surface area contributed by atoms with E-state index in [0.29, 0.717) is 11.0 Å². The lowest BCUT2D eigenvalue weighted by molar-refractivity contribution is 0.501. The molecule has 0 radical (unpaired) electrons. The van der Waals surface area contributed by atoms with Gasteiger partial charge < -0.3 is 10.6 Å². The van der Waals surface area contributed by atoms with Gasteiger partial charge in [0.15, 0.2) is 5.96 Å². The number of nitrogens with zero attached hydrogens (tertiary/aromatic N) is 1. The van der Waals surface area contributed by atoms with E-state index in [2.05, 4.69) is 52.3 Å². The van der Waals surface area contributed by atoms with Gasteiger partial charge in [0.25, 0.3) is 0 Å². The maximum absolute atomic E-state index is 13.4. The van der Waals surface area contributed by atoms with E-state index >= 15 is 0 Å². The lowest BCUT2D eigenvalue weighted by Crippen LogP contribution is -2.47. The molecule has 0 aliphatic rings. The van der Waals surface area contributed by atoms with Gasteiger partial charge in [0.05, 0.1) is 11.0 Å². The summed E-state index contributed by atoms with van der Waals surface area (Å²) in [4.78, 5) is 4.45. The molecule has 2 N–H and O–H groups in total. The Kier molecular flexibility index (Phi) is 5.79. The van der Waals surface area contributed by atoms with E-state index in [9.17, 15) is 4.39 Å². The van der Waals surface area contributed by atoms with Gasteiger partial charge in [-0.15, -0.1) is 0 Å². The molecule has 0 unspecified atom stereocenters. The minimum atomic E-state index is -0.263. The predicted molar refractivity (Wildman–Crippen MR) is 81.8 cm³/mol. The van der Waals surface area contributed by atoms with Crippen LogP contribution < -0.4 is 10.6 Å². The number of hydrogen-bond acceptors (Lipinski definition) is 1. The zero-order valence-corrected chi connectivity index (χ0v) is 13.4. The van der Waals surface area contributed by atoms with Crippen LogP contribution in [-0.4, -0.2) is 18.0 Å². The Bertz CT molecular complexity index is 452. The molecular formula is C14H21BrFN3. The largest absolute Gasteiger partial charge is 0.357 e. The Morgan fingerprint density at radius 2 is 2.05 bits per heavy atom. The van der Waals surface area contributed by atoms with E-state index < -0.39 is 0 Å². The molecule has 19 heavy (non-hydrogen) atoms. The molecule has 106 valence electrons. The van der Waals surface area contributed by atoms with Gasteiger partial charge in [-0.25, -0.2) is 9.38 Å². The third-order valence-electron chi connectivity index (χ3n) is 2.24. The van der Waals surface area contributed by atoms with Crippen LogP contribution in [0.2, 0.25) is 0 Å². The molecule has 1 aromatic rings. The number of halogens is 2. The molecule has 0 bridgehead atoms. The zero-order chi connectivity index (χ0) is 14.5. The third-order valence-corrected chi connectivity index (χ3v) is 2.88. The Morgan fingerprint density at radius 3 is 2.58 bits per heavy atom. The monoisotopic (exact) mass is 329 g/mol. The molecule has 0 saturated heterocycles. The van der Waals surface area contributed by atoms with Crippen LogP contribution in [0.25, 0.3) is 0 Å². The number of benzene rings is 1. The summed E-state index contributed by atoms with van der Waals surface area (Å²) in [6.07, 6.45) is 0. The van der Waals surface area contributed by atoms with Crippen LogP contribution in [0.4, 0.5) is 4.39 Å². The highest BCUT2D eigenvalue weighted by atomic mass is 79.9. The molecule has 1 aromatic carbocycles. The van der Waals surface area contributed by atoms with Crippen LogP contribution in [0.3, 0.4) is 0 Å². The maximum atomic E-state index is 13.4. The summed E-state index contributed by atoms with van der Waals surface area (Å²) in [5.74, 6) is 0.472. The predicted octanol–water partition coefficient (Wildman–Crippen LogP) is 3.44. The number of guanidine groups is 1. The van der Waals surface area contributed by atoms with Crippen molar-refractivity contribution < 1.29 is 4.39 Å². The molecule has 0 atom stereocenters. The summed E-state index contributed by atoms with van der Waals surface area (Å²) in [6.45, 7) is 9.45. The fraction of sp³-hybridized carbons (Fsp3) is 0.500. The molecule has 3 nitrogen and oxygen atoms in total. The molecule has 0 saturated carbocycles. The SMILES string of the molecule is CCNC(=NCc1ccc(Br)c(F)c1)NC(C)(C)C. The smallest absolute Gasteiger partial charge is 0.191 e. The molecule has 0 heterocycles.